The van der Waals surface area contributed by atoms with E-state index in [1.165, 1.54) is 44.5 Å². The van der Waals surface area contributed by atoms with Crippen LogP contribution in [0.4, 0.5) is 0 Å². The summed E-state index contributed by atoms with van der Waals surface area (Å²) in [7, 11) is 0. The van der Waals surface area contributed by atoms with E-state index in [1.54, 1.807) is 0 Å². The Hall–Kier alpha value is -1.26. The number of hydrogen-bond acceptors (Lipinski definition) is 4. The third-order valence-electron chi connectivity index (χ3n) is 5.20. The van der Waals surface area contributed by atoms with Crippen LogP contribution in [0.15, 0.2) is 18.2 Å². The summed E-state index contributed by atoms with van der Waals surface area (Å²) >= 11 is 0. The zero-order valence-corrected chi connectivity index (χ0v) is 12.8. The lowest BCUT2D eigenvalue weighted by Gasteiger charge is -2.43. The molecule has 0 amide bonds. The Kier molecular flexibility index (Phi) is 3.51. The molecule has 3 aliphatic heterocycles. The fraction of sp³-hybridized carbons (Fsp3) is 0.647. The lowest BCUT2D eigenvalue weighted by Crippen LogP contribution is -2.55. The number of piperazine rings is 1. The van der Waals surface area contributed by atoms with Gasteiger partial charge in [-0.3, -0.25) is 9.80 Å². The minimum Gasteiger partial charge on any atom is -0.454 e. The average molecular weight is 288 g/mol. The molecular weight excluding hydrogens is 264 g/mol. The molecule has 1 aromatic carbocycles. The third kappa shape index (κ3) is 2.51. The van der Waals surface area contributed by atoms with E-state index in [2.05, 4.69) is 28.9 Å². The summed E-state index contributed by atoms with van der Waals surface area (Å²) in [6.07, 6.45) is 3.97. The first-order valence-electron chi connectivity index (χ1n) is 8.20. The van der Waals surface area contributed by atoms with Crippen molar-refractivity contribution >= 4 is 0 Å². The SMILES string of the molecule is CCC1CN2CCCC2CN1Cc1ccc2c(c1)OCO2. The highest BCUT2D eigenvalue weighted by atomic mass is 16.7. The lowest BCUT2D eigenvalue weighted by molar-refractivity contribution is 0.0437. The average Bonchev–Trinajstić information content (AvgIpc) is 3.13. The molecule has 4 rings (SSSR count). The molecule has 2 fully saturated rings. The summed E-state index contributed by atoms with van der Waals surface area (Å²) in [6.45, 7) is 7.46. The van der Waals surface area contributed by atoms with Gasteiger partial charge in [-0.25, -0.2) is 0 Å². The quantitative estimate of drug-likeness (QED) is 0.853. The van der Waals surface area contributed by atoms with E-state index in [0.29, 0.717) is 12.8 Å². The Labute approximate surface area is 126 Å². The molecule has 0 saturated carbocycles. The molecule has 0 radical (unpaired) electrons. The molecule has 3 heterocycles. The maximum absolute atomic E-state index is 5.50. The van der Waals surface area contributed by atoms with Crippen molar-refractivity contribution in [2.24, 2.45) is 0 Å². The summed E-state index contributed by atoms with van der Waals surface area (Å²) in [6, 6.07) is 7.84. The number of fused-ring (bicyclic) bond motifs is 2. The van der Waals surface area contributed by atoms with Gasteiger partial charge in [-0.15, -0.1) is 0 Å². The zero-order chi connectivity index (χ0) is 14.2. The Balaban J connectivity index is 1.49. The molecule has 0 aromatic heterocycles. The first-order chi connectivity index (χ1) is 10.3. The second-order valence-corrected chi connectivity index (χ2v) is 6.47. The predicted molar refractivity (Wildman–Crippen MR) is 81.6 cm³/mol. The maximum Gasteiger partial charge on any atom is 0.231 e. The molecule has 114 valence electrons. The van der Waals surface area contributed by atoms with Gasteiger partial charge in [0, 0.05) is 31.7 Å². The van der Waals surface area contributed by atoms with Crippen LogP contribution in [0.2, 0.25) is 0 Å². The molecular formula is C17H24N2O2. The van der Waals surface area contributed by atoms with Crippen molar-refractivity contribution < 1.29 is 9.47 Å². The highest BCUT2D eigenvalue weighted by molar-refractivity contribution is 5.44. The van der Waals surface area contributed by atoms with E-state index in [0.717, 1.165) is 24.1 Å². The Morgan fingerprint density at radius 3 is 3.00 bits per heavy atom. The first kappa shape index (κ1) is 13.4. The van der Waals surface area contributed by atoms with Gasteiger partial charge in [-0.1, -0.05) is 13.0 Å². The van der Waals surface area contributed by atoms with Gasteiger partial charge in [0.2, 0.25) is 6.79 Å². The second-order valence-electron chi connectivity index (χ2n) is 6.47. The number of ether oxygens (including phenoxy) is 2. The fourth-order valence-electron chi connectivity index (χ4n) is 4.00. The summed E-state index contributed by atoms with van der Waals surface area (Å²) in [4.78, 5) is 5.37. The Morgan fingerprint density at radius 1 is 1.19 bits per heavy atom. The smallest absolute Gasteiger partial charge is 0.231 e. The topological polar surface area (TPSA) is 24.9 Å². The monoisotopic (exact) mass is 288 g/mol. The van der Waals surface area contributed by atoms with Gasteiger partial charge in [-0.05, 0) is 43.5 Å². The molecule has 21 heavy (non-hydrogen) atoms. The van der Waals surface area contributed by atoms with Gasteiger partial charge in [0.05, 0.1) is 0 Å². The van der Waals surface area contributed by atoms with E-state index in [4.69, 9.17) is 9.47 Å². The van der Waals surface area contributed by atoms with Crippen LogP contribution in [0.25, 0.3) is 0 Å². The van der Waals surface area contributed by atoms with Crippen LogP contribution in [-0.2, 0) is 6.54 Å². The zero-order valence-electron chi connectivity index (χ0n) is 12.8. The molecule has 1 aromatic rings. The Bertz CT molecular complexity index is 520. The minimum absolute atomic E-state index is 0.358. The van der Waals surface area contributed by atoms with E-state index < -0.39 is 0 Å². The molecule has 0 spiro atoms. The van der Waals surface area contributed by atoms with Crippen LogP contribution in [0.5, 0.6) is 11.5 Å². The van der Waals surface area contributed by atoms with Gasteiger partial charge >= 0.3 is 0 Å². The van der Waals surface area contributed by atoms with Crippen LogP contribution in [0.3, 0.4) is 0 Å². The van der Waals surface area contributed by atoms with Crippen molar-refractivity contribution in [3.63, 3.8) is 0 Å². The third-order valence-corrected chi connectivity index (χ3v) is 5.20. The highest BCUT2D eigenvalue weighted by Gasteiger charge is 2.35. The van der Waals surface area contributed by atoms with Crippen LogP contribution >= 0.6 is 0 Å². The summed E-state index contributed by atoms with van der Waals surface area (Å²) in [5.41, 5.74) is 1.34. The van der Waals surface area contributed by atoms with Crippen molar-refractivity contribution in [1.29, 1.82) is 0 Å². The number of rotatable bonds is 3. The van der Waals surface area contributed by atoms with Crippen LogP contribution in [0, 0.1) is 0 Å². The summed E-state index contributed by atoms with van der Waals surface area (Å²) < 4.78 is 10.9. The number of benzene rings is 1. The van der Waals surface area contributed by atoms with Crippen LogP contribution in [0.1, 0.15) is 31.7 Å². The summed E-state index contributed by atoms with van der Waals surface area (Å²) in [5, 5.41) is 0. The van der Waals surface area contributed by atoms with Gasteiger partial charge in [-0.2, -0.15) is 0 Å². The number of nitrogens with zero attached hydrogens (tertiary/aromatic N) is 2. The first-order valence-corrected chi connectivity index (χ1v) is 8.20. The second kappa shape index (κ2) is 5.50. The van der Waals surface area contributed by atoms with Gasteiger partial charge < -0.3 is 9.47 Å². The van der Waals surface area contributed by atoms with E-state index in [-0.39, 0.29) is 0 Å². The van der Waals surface area contributed by atoms with Crippen molar-refractivity contribution in [2.45, 2.75) is 44.8 Å². The van der Waals surface area contributed by atoms with Gasteiger partial charge in [0.1, 0.15) is 0 Å². The molecule has 4 nitrogen and oxygen atoms in total. The normalized spacial score (nSPS) is 28.8. The lowest BCUT2D eigenvalue weighted by atomic mass is 10.0. The Morgan fingerprint density at radius 2 is 2.10 bits per heavy atom. The fourth-order valence-corrected chi connectivity index (χ4v) is 4.00. The predicted octanol–water partition coefficient (Wildman–Crippen LogP) is 2.47. The molecule has 3 aliphatic rings. The molecule has 4 heteroatoms. The highest BCUT2D eigenvalue weighted by Crippen LogP contribution is 2.34. The number of hydrogen-bond donors (Lipinski definition) is 0. The van der Waals surface area contributed by atoms with Crippen molar-refractivity contribution in [3.8, 4) is 11.5 Å². The molecule has 0 aliphatic carbocycles. The van der Waals surface area contributed by atoms with Crippen LogP contribution < -0.4 is 9.47 Å². The molecule has 0 N–H and O–H groups in total. The summed E-state index contributed by atoms with van der Waals surface area (Å²) in [5.74, 6) is 1.78. The van der Waals surface area contributed by atoms with Crippen molar-refractivity contribution in [2.75, 3.05) is 26.4 Å². The molecule has 2 atom stereocenters. The largest absolute Gasteiger partial charge is 0.454 e. The van der Waals surface area contributed by atoms with E-state index in [9.17, 15) is 0 Å². The minimum atomic E-state index is 0.358. The van der Waals surface area contributed by atoms with Crippen molar-refractivity contribution in [3.05, 3.63) is 23.8 Å². The van der Waals surface area contributed by atoms with Gasteiger partial charge in [0.15, 0.2) is 11.5 Å². The molecule has 0 bridgehead atoms. The van der Waals surface area contributed by atoms with Crippen LogP contribution in [-0.4, -0.2) is 48.3 Å². The maximum atomic E-state index is 5.50. The molecule has 2 saturated heterocycles. The van der Waals surface area contributed by atoms with Crippen molar-refractivity contribution in [1.82, 2.24) is 9.80 Å². The van der Waals surface area contributed by atoms with E-state index >= 15 is 0 Å². The standard InChI is InChI=1S/C17H24N2O2/c1-2-14-10-18-7-3-4-15(18)11-19(14)9-13-5-6-16-17(8-13)21-12-20-16/h5-6,8,14-15H,2-4,7,9-12H2,1H3. The molecule has 2 unspecified atom stereocenters. The van der Waals surface area contributed by atoms with Gasteiger partial charge in [0.25, 0.3) is 0 Å². The van der Waals surface area contributed by atoms with E-state index in [1.807, 2.05) is 6.07 Å².